The summed E-state index contributed by atoms with van der Waals surface area (Å²) in [6.07, 6.45) is 0.856. The van der Waals surface area contributed by atoms with Gasteiger partial charge in [-0.25, -0.2) is 0 Å². The largest absolute Gasteiger partial charge is 0.434 e. The van der Waals surface area contributed by atoms with Crippen LogP contribution >= 0.6 is 6.72 Å². The molecule has 0 amide bonds. The van der Waals surface area contributed by atoms with Crippen LogP contribution in [0.1, 0.15) is 13.3 Å². The fraction of sp³-hybridized carbons (Fsp3) is 0.200. The Kier molecular flexibility index (Phi) is 5.60. The van der Waals surface area contributed by atoms with Gasteiger partial charge in [-0.15, -0.1) is 0 Å². The molecular formula is C15H17O3PS. The van der Waals surface area contributed by atoms with E-state index in [-0.39, 0.29) is 0 Å². The van der Waals surface area contributed by atoms with Crippen LogP contribution in [-0.4, -0.2) is 6.61 Å². The summed E-state index contributed by atoms with van der Waals surface area (Å²) in [5.41, 5.74) is 0. The molecule has 0 aliphatic rings. The average Bonchev–Trinajstić information content (AvgIpc) is 2.47. The molecule has 5 heteroatoms. The maximum atomic E-state index is 5.79. The fourth-order valence-electron chi connectivity index (χ4n) is 1.50. The van der Waals surface area contributed by atoms with E-state index in [9.17, 15) is 0 Å². The standard InChI is InChI=1S/C15H17O3PS/c1-2-13-16-19(20,17-14-9-5-3-6-10-14)18-15-11-7-4-8-12-15/h3-12H,2,13H2,1H3. The fourth-order valence-corrected chi connectivity index (χ4v) is 3.54. The Bertz CT molecular complexity index is 514. The molecule has 0 bridgehead atoms. The van der Waals surface area contributed by atoms with E-state index in [2.05, 4.69) is 0 Å². The van der Waals surface area contributed by atoms with Crippen molar-refractivity contribution < 1.29 is 13.6 Å². The molecular weight excluding hydrogens is 291 g/mol. The molecule has 106 valence electrons. The first-order valence-corrected chi connectivity index (χ1v) is 9.01. The van der Waals surface area contributed by atoms with Crippen molar-refractivity contribution in [2.75, 3.05) is 6.61 Å². The highest BCUT2D eigenvalue weighted by Crippen LogP contribution is 2.49. The lowest BCUT2D eigenvalue weighted by Gasteiger charge is -2.22. The summed E-state index contributed by atoms with van der Waals surface area (Å²) in [4.78, 5) is 0. The van der Waals surface area contributed by atoms with Crippen LogP contribution in [0.4, 0.5) is 0 Å². The van der Waals surface area contributed by atoms with Crippen LogP contribution in [0.15, 0.2) is 60.7 Å². The number of benzene rings is 2. The van der Waals surface area contributed by atoms with Gasteiger partial charge in [-0.3, -0.25) is 4.52 Å². The lowest BCUT2D eigenvalue weighted by molar-refractivity contribution is 0.262. The van der Waals surface area contributed by atoms with Gasteiger partial charge in [0.25, 0.3) is 0 Å². The van der Waals surface area contributed by atoms with Crippen LogP contribution in [0.25, 0.3) is 0 Å². The van der Waals surface area contributed by atoms with Gasteiger partial charge < -0.3 is 9.05 Å². The van der Waals surface area contributed by atoms with Gasteiger partial charge >= 0.3 is 6.72 Å². The van der Waals surface area contributed by atoms with Crippen LogP contribution < -0.4 is 9.05 Å². The zero-order valence-electron chi connectivity index (χ0n) is 11.3. The summed E-state index contributed by atoms with van der Waals surface area (Å²) in [5.74, 6) is 1.31. The van der Waals surface area contributed by atoms with Crippen molar-refractivity contribution in [2.45, 2.75) is 13.3 Å². The molecule has 2 rings (SSSR count). The first kappa shape index (κ1) is 15.0. The molecule has 0 N–H and O–H groups in total. The summed E-state index contributed by atoms with van der Waals surface area (Å²) in [6.45, 7) is -0.317. The minimum Gasteiger partial charge on any atom is -0.416 e. The summed E-state index contributed by atoms with van der Waals surface area (Å²) < 4.78 is 17.2. The summed E-state index contributed by atoms with van der Waals surface area (Å²) in [7, 11) is 0. The lowest BCUT2D eigenvalue weighted by Crippen LogP contribution is -2.05. The van der Waals surface area contributed by atoms with Gasteiger partial charge in [-0.2, -0.15) is 0 Å². The average molecular weight is 308 g/mol. The smallest absolute Gasteiger partial charge is 0.416 e. The van der Waals surface area contributed by atoms with E-state index in [4.69, 9.17) is 25.4 Å². The molecule has 0 unspecified atom stereocenters. The monoisotopic (exact) mass is 308 g/mol. The van der Waals surface area contributed by atoms with Gasteiger partial charge in [0, 0.05) is 11.8 Å². The second-order valence-corrected chi connectivity index (χ2v) is 6.95. The molecule has 0 saturated heterocycles. The molecule has 0 aromatic heterocycles. The first-order valence-electron chi connectivity index (χ1n) is 6.46. The lowest BCUT2D eigenvalue weighted by atomic mass is 10.3. The second kappa shape index (κ2) is 7.44. The highest BCUT2D eigenvalue weighted by Gasteiger charge is 2.24. The predicted octanol–water partition coefficient (Wildman–Crippen LogP) is 4.80. The Morgan fingerprint density at radius 2 is 1.30 bits per heavy atom. The highest BCUT2D eigenvalue weighted by atomic mass is 32.5. The van der Waals surface area contributed by atoms with Gasteiger partial charge in [0.15, 0.2) is 0 Å². The minimum atomic E-state index is -2.85. The van der Waals surface area contributed by atoms with Gasteiger partial charge in [-0.1, -0.05) is 43.3 Å². The second-order valence-electron chi connectivity index (χ2n) is 4.09. The molecule has 0 atom stereocenters. The van der Waals surface area contributed by atoms with Crippen molar-refractivity contribution >= 4 is 18.5 Å². The van der Waals surface area contributed by atoms with Crippen LogP contribution in [0.3, 0.4) is 0 Å². The van der Waals surface area contributed by atoms with Crippen molar-refractivity contribution in [2.24, 2.45) is 0 Å². The molecule has 0 aliphatic carbocycles. The van der Waals surface area contributed by atoms with E-state index in [1.165, 1.54) is 0 Å². The SMILES string of the molecule is CCCOP(=S)(Oc1ccccc1)Oc1ccccc1. The molecule has 0 heterocycles. The third-order valence-electron chi connectivity index (χ3n) is 2.37. The normalized spacial score (nSPS) is 11.1. The summed E-state index contributed by atoms with van der Waals surface area (Å²) in [5, 5.41) is 0. The maximum Gasteiger partial charge on any atom is 0.434 e. The van der Waals surface area contributed by atoms with Gasteiger partial charge in [0.05, 0.1) is 6.61 Å². The van der Waals surface area contributed by atoms with Crippen molar-refractivity contribution in [3.8, 4) is 11.5 Å². The molecule has 0 fully saturated rings. The van der Waals surface area contributed by atoms with E-state index in [0.29, 0.717) is 18.1 Å². The molecule has 0 radical (unpaired) electrons. The van der Waals surface area contributed by atoms with Crippen molar-refractivity contribution in [3.63, 3.8) is 0 Å². The molecule has 20 heavy (non-hydrogen) atoms. The van der Waals surface area contributed by atoms with Gasteiger partial charge in [-0.05, 0) is 30.7 Å². The van der Waals surface area contributed by atoms with Crippen LogP contribution in [0.2, 0.25) is 0 Å². The molecule has 0 aliphatic heterocycles. The zero-order chi connectivity index (χ0) is 14.3. The Balaban J connectivity index is 2.15. The number of hydrogen-bond donors (Lipinski definition) is 0. The van der Waals surface area contributed by atoms with Gasteiger partial charge in [0.2, 0.25) is 0 Å². The van der Waals surface area contributed by atoms with E-state index in [0.717, 1.165) is 6.42 Å². The van der Waals surface area contributed by atoms with Crippen LogP contribution in [0.5, 0.6) is 11.5 Å². The number of para-hydroxylation sites is 2. The Labute approximate surface area is 124 Å². The van der Waals surface area contributed by atoms with E-state index >= 15 is 0 Å². The van der Waals surface area contributed by atoms with E-state index in [1.807, 2.05) is 67.6 Å². The zero-order valence-corrected chi connectivity index (χ0v) is 13.0. The van der Waals surface area contributed by atoms with Crippen molar-refractivity contribution in [3.05, 3.63) is 60.7 Å². The quantitative estimate of drug-likeness (QED) is 0.687. The minimum absolute atomic E-state index is 0.511. The Morgan fingerprint density at radius 3 is 1.70 bits per heavy atom. The van der Waals surface area contributed by atoms with E-state index in [1.54, 1.807) is 0 Å². The maximum absolute atomic E-state index is 5.79. The molecule has 0 spiro atoms. The third kappa shape index (κ3) is 4.64. The van der Waals surface area contributed by atoms with Crippen LogP contribution in [0, 0.1) is 0 Å². The molecule has 0 saturated carbocycles. The van der Waals surface area contributed by atoms with Crippen LogP contribution in [-0.2, 0) is 16.3 Å². The van der Waals surface area contributed by atoms with Crippen molar-refractivity contribution in [1.82, 2.24) is 0 Å². The third-order valence-corrected chi connectivity index (χ3v) is 4.51. The summed E-state index contributed by atoms with van der Waals surface area (Å²) >= 11 is 5.48. The van der Waals surface area contributed by atoms with Crippen molar-refractivity contribution in [1.29, 1.82) is 0 Å². The molecule has 2 aromatic rings. The number of hydrogen-bond acceptors (Lipinski definition) is 4. The topological polar surface area (TPSA) is 27.7 Å². The van der Waals surface area contributed by atoms with Gasteiger partial charge in [0.1, 0.15) is 11.5 Å². The Hall–Kier alpha value is -1.35. The predicted molar refractivity (Wildman–Crippen MR) is 84.7 cm³/mol. The summed E-state index contributed by atoms with van der Waals surface area (Å²) in [6, 6.07) is 18.7. The molecule has 3 nitrogen and oxygen atoms in total. The molecule has 2 aromatic carbocycles. The Morgan fingerprint density at radius 1 is 0.850 bits per heavy atom. The highest BCUT2D eigenvalue weighted by molar-refractivity contribution is 8.07. The number of rotatable bonds is 7. The first-order chi connectivity index (χ1) is 9.72. The van der Waals surface area contributed by atoms with E-state index < -0.39 is 6.72 Å².